The van der Waals surface area contributed by atoms with E-state index in [1.807, 2.05) is 50.2 Å². The molecule has 3 rings (SSSR count). The lowest BCUT2D eigenvalue weighted by Crippen LogP contribution is -2.31. The molecule has 1 aliphatic heterocycles. The van der Waals surface area contributed by atoms with Crippen LogP contribution in [0.2, 0.25) is 0 Å². The van der Waals surface area contributed by atoms with E-state index in [1.165, 1.54) is 4.90 Å². The number of Topliss-reactive ketones (excluding diaryl/α,β-unsaturated/α-hetero) is 1. The van der Waals surface area contributed by atoms with Gasteiger partial charge in [-0.15, -0.1) is 0 Å². The van der Waals surface area contributed by atoms with Gasteiger partial charge in [0.05, 0.1) is 18.7 Å². The largest absolute Gasteiger partial charge is 0.503 e. The molecule has 2 aromatic carbocycles. The Labute approximate surface area is 165 Å². The number of anilines is 1. The first kappa shape index (κ1) is 19.7. The summed E-state index contributed by atoms with van der Waals surface area (Å²) in [6, 6.07) is 14.0. The van der Waals surface area contributed by atoms with Crippen LogP contribution in [0.15, 0.2) is 59.9 Å². The van der Waals surface area contributed by atoms with E-state index in [-0.39, 0.29) is 11.4 Å². The summed E-state index contributed by atoms with van der Waals surface area (Å²) in [5.74, 6) is -0.517. The van der Waals surface area contributed by atoms with Gasteiger partial charge < -0.3 is 9.84 Å². The van der Waals surface area contributed by atoms with Gasteiger partial charge >= 0.3 is 0 Å². The van der Waals surface area contributed by atoms with Crippen LogP contribution in [-0.2, 0) is 9.59 Å². The molecule has 0 radical (unpaired) electrons. The molecular weight excluding hydrogens is 354 g/mol. The van der Waals surface area contributed by atoms with Crippen molar-refractivity contribution in [1.82, 2.24) is 0 Å². The molecule has 28 heavy (non-hydrogen) atoms. The number of unbranched alkanes of at least 4 members (excludes halogenated alkanes) is 1. The predicted molar refractivity (Wildman–Crippen MR) is 109 cm³/mol. The molecule has 1 N–H and O–H groups in total. The molecule has 0 aromatic heterocycles. The number of hydrogen-bond donors (Lipinski definition) is 1. The Morgan fingerprint density at radius 2 is 1.75 bits per heavy atom. The summed E-state index contributed by atoms with van der Waals surface area (Å²) in [5.41, 5.74) is 2.62. The zero-order chi connectivity index (χ0) is 20.3. The van der Waals surface area contributed by atoms with Gasteiger partial charge in [-0.05, 0) is 43.2 Å². The lowest BCUT2D eigenvalue weighted by atomic mass is 9.93. The molecule has 1 atom stereocenters. The highest BCUT2D eigenvalue weighted by Crippen LogP contribution is 2.41. The van der Waals surface area contributed by atoms with Crippen LogP contribution < -0.4 is 9.64 Å². The molecule has 0 spiro atoms. The Morgan fingerprint density at radius 1 is 1.11 bits per heavy atom. The second kappa shape index (κ2) is 8.30. The maximum atomic E-state index is 12.9. The quantitative estimate of drug-likeness (QED) is 0.760. The van der Waals surface area contributed by atoms with Crippen LogP contribution in [0.25, 0.3) is 0 Å². The number of carbonyl (C=O) groups is 2. The number of nitrogens with zero attached hydrogens (tertiary/aromatic N) is 1. The van der Waals surface area contributed by atoms with Crippen molar-refractivity contribution in [2.24, 2.45) is 0 Å². The number of ether oxygens (including phenoxy) is 1. The third-order valence-electron chi connectivity index (χ3n) is 5.01. The van der Waals surface area contributed by atoms with E-state index in [4.69, 9.17) is 4.74 Å². The molecule has 0 bridgehead atoms. The Bertz CT molecular complexity index is 897. The van der Waals surface area contributed by atoms with Crippen molar-refractivity contribution in [3.05, 3.63) is 71.0 Å². The van der Waals surface area contributed by atoms with Crippen LogP contribution in [0.3, 0.4) is 0 Å². The van der Waals surface area contributed by atoms with Crippen LogP contribution in [-0.4, -0.2) is 23.9 Å². The van der Waals surface area contributed by atoms with Gasteiger partial charge in [-0.3, -0.25) is 14.5 Å². The first-order chi connectivity index (χ1) is 13.5. The number of ketones is 1. The molecule has 146 valence electrons. The molecule has 1 unspecified atom stereocenters. The van der Waals surface area contributed by atoms with Crippen LogP contribution >= 0.6 is 0 Å². The topological polar surface area (TPSA) is 66.8 Å². The van der Waals surface area contributed by atoms with Crippen molar-refractivity contribution >= 4 is 17.4 Å². The zero-order valence-corrected chi connectivity index (χ0v) is 16.4. The van der Waals surface area contributed by atoms with Gasteiger partial charge in [-0.25, -0.2) is 0 Å². The van der Waals surface area contributed by atoms with Crippen LogP contribution in [0.5, 0.6) is 5.75 Å². The van der Waals surface area contributed by atoms with Crippen LogP contribution in [0, 0.1) is 6.92 Å². The fourth-order valence-electron chi connectivity index (χ4n) is 3.44. The standard InChI is InChI=1S/C23H25NO4/c1-4-5-6-19(25)20-21(16-9-13-18(28-3)14-10-16)24(23(27)22(20)26)17-11-7-15(2)8-12-17/h7-14,21,26H,4-6H2,1-3H3. The second-order valence-electron chi connectivity index (χ2n) is 6.98. The maximum absolute atomic E-state index is 12.9. The van der Waals surface area contributed by atoms with Crippen molar-refractivity contribution in [3.63, 3.8) is 0 Å². The van der Waals surface area contributed by atoms with Crippen LogP contribution in [0.4, 0.5) is 5.69 Å². The van der Waals surface area contributed by atoms with E-state index in [1.54, 1.807) is 19.2 Å². The van der Waals surface area contributed by atoms with Crippen molar-refractivity contribution in [1.29, 1.82) is 0 Å². The van der Waals surface area contributed by atoms with Crippen LogP contribution in [0.1, 0.15) is 43.4 Å². The van der Waals surface area contributed by atoms with Crippen molar-refractivity contribution in [2.45, 2.75) is 39.2 Å². The van der Waals surface area contributed by atoms with Gasteiger partial charge in [0, 0.05) is 12.1 Å². The van der Waals surface area contributed by atoms with Crippen molar-refractivity contribution < 1.29 is 19.4 Å². The Balaban J connectivity index is 2.09. The number of aliphatic hydroxyl groups excluding tert-OH is 1. The van der Waals surface area contributed by atoms with Gasteiger partial charge in [-0.2, -0.15) is 0 Å². The minimum atomic E-state index is -0.662. The lowest BCUT2D eigenvalue weighted by molar-refractivity contribution is -0.118. The fourth-order valence-corrected chi connectivity index (χ4v) is 3.44. The fraction of sp³-hybridized carbons (Fsp3) is 0.304. The zero-order valence-electron chi connectivity index (χ0n) is 16.4. The molecule has 0 saturated carbocycles. The van der Waals surface area contributed by atoms with E-state index in [0.717, 1.165) is 17.5 Å². The summed E-state index contributed by atoms with van der Waals surface area (Å²) in [4.78, 5) is 27.3. The maximum Gasteiger partial charge on any atom is 0.294 e. The number of methoxy groups -OCH3 is 1. The number of aryl methyl sites for hydroxylation is 1. The number of hydrogen-bond acceptors (Lipinski definition) is 4. The highest BCUT2D eigenvalue weighted by atomic mass is 16.5. The van der Waals surface area contributed by atoms with Gasteiger partial charge in [0.15, 0.2) is 11.5 Å². The van der Waals surface area contributed by atoms with E-state index >= 15 is 0 Å². The Hall–Kier alpha value is -3.08. The van der Waals surface area contributed by atoms with Gasteiger partial charge in [0.2, 0.25) is 0 Å². The molecule has 0 saturated heterocycles. The number of aliphatic hydroxyl groups is 1. The average molecular weight is 379 g/mol. The van der Waals surface area contributed by atoms with E-state index in [9.17, 15) is 14.7 Å². The van der Waals surface area contributed by atoms with E-state index in [0.29, 0.717) is 24.3 Å². The molecule has 5 nitrogen and oxygen atoms in total. The summed E-state index contributed by atoms with van der Waals surface area (Å²) in [5, 5.41) is 10.6. The minimum absolute atomic E-state index is 0.171. The molecule has 0 fully saturated rings. The Morgan fingerprint density at radius 3 is 2.32 bits per heavy atom. The summed E-state index contributed by atoms with van der Waals surface area (Å²) < 4.78 is 5.22. The Kier molecular flexibility index (Phi) is 5.83. The monoisotopic (exact) mass is 379 g/mol. The van der Waals surface area contributed by atoms with E-state index in [2.05, 4.69) is 0 Å². The first-order valence-corrected chi connectivity index (χ1v) is 9.48. The SMILES string of the molecule is CCCCC(=O)C1=C(O)C(=O)N(c2ccc(C)cc2)C1c1ccc(OC)cc1. The van der Waals surface area contributed by atoms with Crippen molar-refractivity contribution in [3.8, 4) is 5.75 Å². The predicted octanol–water partition coefficient (Wildman–Crippen LogP) is 4.66. The molecule has 1 aliphatic rings. The third-order valence-corrected chi connectivity index (χ3v) is 5.01. The average Bonchev–Trinajstić information content (AvgIpc) is 2.98. The summed E-state index contributed by atoms with van der Waals surface area (Å²) in [6.45, 7) is 3.97. The normalized spacial score (nSPS) is 16.6. The number of rotatable bonds is 7. The molecule has 0 aliphatic carbocycles. The molecule has 5 heteroatoms. The molecule has 2 aromatic rings. The minimum Gasteiger partial charge on any atom is -0.503 e. The van der Waals surface area contributed by atoms with Gasteiger partial charge in [-0.1, -0.05) is 43.2 Å². The van der Waals surface area contributed by atoms with Crippen molar-refractivity contribution in [2.75, 3.05) is 12.0 Å². The number of benzene rings is 2. The lowest BCUT2D eigenvalue weighted by Gasteiger charge is -2.27. The first-order valence-electron chi connectivity index (χ1n) is 9.48. The third kappa shape index (κ3) is 3.65. The summed E-state index contributed by atoms with van der Waals surface area (Å²) in [7, 11) is 1.58. The molecule has 1 heterocycles. The highest BCUT2D eigenvalue weighted by Gasteiger charge is 2.43. The summed E-state index contributed by atoms with van der Waals surface area (Å²) in [6.07, 6.45) is 1.88. The smallest absolute Gasteiger partial charge is 0.294 e. The summed E-state index contributed by atoms with van der Waals surface area (Å²) >= 11 is 0. The van der Waals surface area contributed by atoms with E-state index < -0.39 is 17.7 Å². The van der Waals surface area contributed by atoms with Gasteiger partial charge in [0.25, 0.3) is 5.91 Å². The number of amides is 1. The highest BCUT2D eigenvalue weighted by molar-refractivity contribution is 6.16. The number of carbonyl (C=O) groups excluding carboxylic acids is 2. The second-order valence-corrected chi connectivity index (χ2v) is 6.98. The molecule has 1 amide bonds. The van der Waals surface area contributed by atoms with Gasteiger partial charge in [0.1, 0.15) is 5.75 Å². The molecular formula is C23H25NO4.